The van der Waals surface area contributed by atoms with Crippen LogP contribution in [0.4, 0.5) is 5.82 Å². The van der Waals surface area contributed by atoms with Crippen molar-refractivity contribution in [2.75, 3.05) is 50.8 Å². The molecule has 11 nitrogen and oxygen atoms in total. The molecule has 0 bridgehead atoms. The summed E-state index contributed by atoms with van der Waals surface area (Å²) in [5.41, 5.74) is 8.05. The van der Waals surface area contributed by atoms with Crippen LogP contribution in [0.5, 0.6) is 0 Å². The number of rotatable bonds is 7. The van der Waals surface area contributed by atoms with E-state index in [0.717, 1.165) is 17.1 Å². The van der Waals surface area contributed by atoms with Crippen LogP contribution in [0.3, 0.4) is 0 Å². The quantitative estimate of drug-likeness (QED) is 0.395. The number of ether oxygens (including phenoxy) is 1. The molecule has 3 aliphatic rings. The normalized spacial score (nSPS) is 23.9. The van der Waals surface area contributed by atoms with Crippen molar-refractivity contribution in [3.8, 4) is 6.07 Å². The molecule has 12 heteroatoms. The van der Waals surface area contributed by atoms with Gasteiger partial charge in [-0.15, -0.1) is 11.6 Å². The van der Waals surface area contributed by atoms with Crippen LogP contribution in [-0.2, 0) is 20.9 Å². The van der Waals surface area contributed by atoms with Gasteiger partial charge in [0.2, 0.25) is 5.91 Å². The van der Waals surface area contributed by atoms with Crippen LogP contribution in [-0.4, -0.2) is 88.9 Å². The number of amides is 2. The summed E-state index contributed by atoms with van der Waals surface area (Å²) in [6.07, 6.45) is 3.62. The third kappa shape index (κ3) is 5.52. The van der Waals surface area contributed by atoms with Gasteiger partial charge in [-0.3, -0.25) is 24.9 Å². The summed E-state index contributed by atoms with van der Waals surface area (Å²) < 4.78 is 5.99. The number of nitriles is 1. The largest absolute Gasteiger partial charge is 0.379 e. The fourth-order valence-corrected chi connectivity index (χ4v) is 5.37. The van der Waals surface area contributed by atoms with Crippen LogP contribution < -0.4 is 15.8 Å². The average Bonchev–Trinajstić information content (AvgIpc) is 3.31. The first kappa shape index (κ1) is 25.4. The van der Waals surface area contributed by atoms with Crippen molar-refractivity contribution >= 4 is 29.2 Å². The Balaban J connectivity index is 1.11. The zero-order valence-electron chi connectivity index (χ0n) is 20.3. The van der Waals surface area contributed by atoms with Crippen molar-refractivity contribution in [2.45, 2.75) is 30.4 Å². The smallest absolute Gasteiger partial charge is 0.253 e. The minimum atomic E-state index is -0.683. The SMILES string of the molecule is N#Cc1ccc(N2CCN(C(=O)CCOC[C@@H]3c4ncccc4CN3C3CNNC(=O)C3Cl)CC2)nc1. The molecular formula is C25H29ClN8O3. The number of fused-ring (bicyclic) bond motifs is 1. The summed E-state index contributed by atoms with van der Waals surface area (Å²) in [4.78, 5) is 40.0. The fraction of sp³-hybridized carbons (Fsp3) is 0.480. The minimum absolute atomic E-state index is 0.0585. The van der Waals surface area contributed by atoms with Crippen molar-refractivity contribution in [2.24, 2.45) is 0 Å². The molecule has 0 aliphatic carbocycles. The second-order valence-corrected chi connectivity index (χ2v) is 9.75. The lowest BCUT2D eigenvalue weighted by Gasteiger charge is -2.38. The van der Waals surface area contributed by atoms with Gasteiger partial charge in [-0.05, 0) is 23.8 Å². The maximum absolute atomic E-state index is 12.8. The zero-order chi connectivity index (χ0) is 25.8. The standard InChI is InChI=1S/C25H29ClN8O3/c26-23-19(14-30-31-25(23)36)34-15-18-2-1-6-28-24(18)20(34)16-37-11-5-22(35)33-9-7-32(8-10-33)21-4-3-17(12-27)13-29-21/h1-4,6,13,19-20,23,30H,5,7-11,14-16H2,(H,31,36)/t19?,20-,23?/m1/s1. The van der Waals surface area contributed by atoms with Crippen molar-refractivity contribution in [3.05, 3.63) is 53.5 Å². The predicted molar refractivity (Wildman–Crippen MR) is 135 cm³/mol. The maximum Gasteiger partial charge on any atom is 0.253 e. The highest BCUT2D eigenvalue weighted by Crippen LogP contribution is 2.35. The van der Waals surface area contributed by atoms with Crippen molar-refractivity contribution in [1.29, 1.82) is 5.26 Å². The molecule has 194 valence electrons. The van der Waals surface area contributed by atoms with E-state index in [9.17, 15) is 9.59 Å². The lowest BCUT2D eigenvalue weighted by Crippen LogP contribution is -2.61. The molecule has 0 radical (unpaired) electrons. The van der Waals surface area contributed by atoms with Gasteiger partial charge in [-0.25, -0.2) is 10.4 Å². The highest BCUT2D eigenvalue weighted by Gasteiger charge is 2.42. The molecule has 3 aliphatic heterocycles. The molecule has 0 aromatic carbocycles. The van der Waals surface area contributed by atoms with Gasteiger partial charge in [0, 0.05) is 51.7 Å². The number of pyridine rings is 2. The number of alkyl halides is 1. The second-order valence-electron chi connectivity index (χ2n) is 9.28. The molecule has 2 aromatic rings. The first-order valence-corrected chi connectivity index (χ1v) is 12.8. The molecule has 2 amide bonds. The van der Waals surface area contributed by atoms with E-state index < -0.39 is 5.38 Å². The number of aromatic nitrogens is 2. The molecular weight excluding hydrogens is 496 g/mol. The zero-order valence-corrected chi connectivity index (χ0v) is 21.1. The highest BCUT2D eigenvalue weighted by atomic mass is 35.5. The molecule has 0 saturated carbocycles. The fourth-order valence-electron chi connectivity index (χ4n) is 5.08. The third-order valence-corrected chi connectivity index (χ3v) is 7.59. The van der Waals surface area contributed by atoms with Crippen LogP contribution in [0.2, 0.25) is 0 Å². The number of halogens is 1. The molecule has 2 aromatic heterocycles. The lowest BCUT2D eigenvalue weighted by molar-refractivity contribution is -0.133. The van der Waals surface area contributed by atoms with Crippen LogP contribution >= 0.6 is 11.6 Å². The van der Waals surface area contributed by atoms with E-state index in [4.69, 9.17) is 21.6 Å². The number of hydrazine groups is 1. The van der Waals surface area contributed by atoms with Gasteiger partial charge in [0.15, 0.2) is 0 Å². The molecule has 5 rings (SSSR count). The summed E-state index contributed by atoms with van der Waals surface area (Å²) in [5, 5.41) is 8.25. The molecule has 2 N–H and O–H groups in total. The molecule has 2 unspecified atom stereocenters. The third-order valence-electron chi connectivity index (χ3n) is 7.10. The Kier molecular flexibility index (Phi) is 7.81. The number of hydrogen-bond donors (Lipinski definition) is 2. The van der Waals surface area contributed by atoms with E-state index >= 15 is 0 Å². The summed E-state index contributed by atoms with van der Waals surface area (Å²) >= 11 is 6.45. The molecule has 5 heterocycles. The maximum atomic E-state index is 12.8. The molecule has 2 saturated heterocycles. The number of piperazine rings is 1. The van der Waals surface area contributed by atoms with Gasteiger partial charge in [0.05, 0.1) is 43.0 Å². The Morgan fingerprint density at radius 2 is 2.05 bits per heavy atom. The van der Waals surface area contributed by atoms with Gasteiger partial charge < -0.3 is 14.5 Å². The Morgan fingerprint density at radius 1 is 1.22 bits per heavy atom. The molecule has 37 heavy (non-hydrogen) atoms. The summed E-state index contributed by atoms with van der Waals surface area (Å²) in [5.74, 6) is 0.625. The highest BCUT2D eigenvalue weighted by molar-refractivity contribution is 6.31. The topological polar surface area (TPSA) is 127 Å². The molecule has 3 atom stereocenters. The Labute approximate surface area is 220 Å². The van der Waals surface area contributed by atoms with Crippen molar-refractivity contribution < 1.29 is 14.3 Å². The van der Waals surface area contributed by atoms with E-state index in [1.54, 1.807) is 18.5 Å². The number of nitrogens with zero attached hydrogens (tertiary/aromatic N) is 6. The van der Waals surface area contributed by atoms with Gasteiger partial charge in [0.1, 0.15) is 17.3 Å². The van der Waals surface area contributed by atoms with Crippen LogP contribution in [0.15, 0.2) is 36.7 Å². The summed E-state index contributed by atoms with van der Waals surface area (Å²) in [6.45, 7) is 4.42. The van der Waals surface area contributed by atoms with Crippen molar-refractivity contribution in [3.63, 3.8) is 0 Å². The number of anilines is 1. The minimum Gasteiger partial charge on any atom is -0.379 e. The van der Waals surface area contributed by atoms with Crippen molar-refractivity contribution in [1.82, 2.24) is 30.6 Å². The van der Waals surface area contributed by atoms with E-state index in [2.05, 4.69) is 36.7 Å². The average molecular weight is 525 g/mol. The number of hydrogen-bond acceptors (Lipinski definition) is 9. The van der Waals surface area contributed by atoms with E-state index in [-0.39, 0.29) is 23.9 Å². The summed E-state index contributed by atoms with van der Waals surface area (Å²) in [7, 11) is 0. The Hall–Kier alpha value is -3.30. The monoisotopic (exact) mass is 524 g/mol. The Morgan fingerprint density at radius 3 is 2.81 bits per heavy atom. The van der Waals surface area contributed by atoms with Gasteiger partial charge in [-0.1, -0.05) is 6.07 Å². The number of carbonyl (C=O) groups is 2. The Bertz CT molecular complexity index is 1170. The first-order chi connectivity index (χ1) is 18.0. The van der Waals surface area contributed by atoms with E-state index in [1.165, 1.54) is 0 Å². The second kappa shape index (κ2) is 11.4. The summed E-state index contributed by atoms with van der Waals surface area (Å²) in [6, 6.07) is 9.25. The van der Waals surface area contributed by atoms with Gasteiger partial charge in [0.25, 0.3) is 5.91 Å². The lowest BCUT2D eigenvalue weighted by atomic mass is 10.1. The first-order valence-electron chi connectivity index (χ1n) is 12.4. The van der Waals surface area contributed by atoms with Crippen LogP contribution in [0, 0.1) is 11.3 Å². The predicted octanol–water partition coefficient (Wildman–Crippen LogP) is 0.571. The van der Waals surface area contributed by atoms with Gasteiger partial charge in [-0.2, -0.15) is 5.26 Å². The molecule has 2 fully saturated rings. The van der Waals surface area contributed by atoms with E-state index in [1.807, 2.05) is 23.1 Å². The van der Waals surface area contributed by atoms with Crippen LogP contribution in [0.25, 0.3) is 0 Å². The van der Waals surface area contributed by atoms with Gasteiger partial charge >= 0.3 is 0 Å². The number of carbonyl (C=O) groups excluding carboxylic acids is 2. The number of nitrogens with one attached hydrogen (secondary N) is 2. The van der Waals surface area contributed by atoms with E-state index in [0.29, 0.717) is 64.5 Å². The van der Waals surface area contributed by atoms with Crippen LogP contribution in [0.1, 0.15) is 29.3 Å². The molecule has 0 spiro atoms.